The van der Waals surface area contributed by atoms with E-state index in [0.717, 1.165) is 25.5 Å². The fourth-order valence-electron chi connectivity index (χ4n) is 2.29. The predicted molar refractivity (Wildman–Crippen MR) is 115 cm³/mol. The molecule has 27 heavy (non-hydrogen) atoms. The Labute approximate surface area is 172 Å². The quantitative estimate of drug-likeness (QED) is 0.524. The van der Waals surface area contributed by atoms with E-state index in [1.807, 2.05) is 42.7 Å². The van der Waals surface area contributed by atoms with Crippen molar-refractivity contribution < 1.29 is 4.79 Å². The van der Waals surface area contributed by atoms with Crippen molar-refractivity contribution in [1.29, 1.82) is 0 Å². The zero-order valence-corrected chi connectivity index (χ0v) is 17.5. The molecule has 0 fully saturated rings. The first kappa shape index (κ1) is 19.8. The topological polar surface area (TPSA) is 54.9 Å². The van der Waals surface area contributed by atoms with E-state index < -0.39 is 0 Å². The number of nitrogens with one attached hydrogen (secondary N) is 1. The summed E-state index contributed by atoms with van der Waals surface area (Å²) in [5.74, 6) is 0.222. The van der Waals surface area contributed by atoms with E-state index in [4.69, 9.17) is 0 Å². The van der Waals surface area contributed by atoms with Gasteiger partial charge in [-0.25, -0.2) is 9.97 Å². The Morgan fingerprint density at radius 2 is 1.81 bits per heavy atom. The molecule has 0 saturated carbocycles. The molecule has 1 heterocycles. The molecule has 3 aromatic rings. The molecule has 2 aromatic carbocycles. The van der Waals surface area contributed by atoms with Gasteiger partial charge < -0.3 is 5.32 Å². The number of carbonyl (C=O) groups is 1. The normalized spacial score (nSPS) is 10.6. The van der Waals surface area contributed by atoms with Gasteiger partial charge in [0.05, 0.1) is 5.75 Å². The molecular weight excluding hydrogens is 394 g/mol. The molecular formula is C20H19N3OS3. The number of benzene rings is 2. The molecule has 138 valence electrons. The molecule has 0 atom stereocenters. The van der Waals surface area contributed by atoms with Crippen LogP contribution in [0.1, 0.15) is 5.56 Å². The molecule has 1 aromatic heterocycles. The summed E-state index contributed by atoms with van der Waals surface area (Å²) >= 11 is 4.62. The van der Waals surface area contributed by atoms with Gasteiger partial charge in [0.25, 0.3) is 0 Å². The van der Waals surface area contributed by atoms with E-state index in [2.05, 4.69) is 34.3 Å². The van der Waals surface area contributed by atoms with E-state index in [0.29, 0.717) is 0 Å². The van der Waals surface area contributed by atoms with Gasteiger partial charge >= 0.3 is 0 Å². The number of anilines is 1. The molecule has 0 radical (unpaired) electrons. The van der Waals surface area contributed by atoms with E-state index in [-0.39, 0.29) is 11.7 Å². The van der Waals surface area contributed by atoms with Crippen LogP contribution in [0, 0.1) is 6.92 Å². The minimum atomic E-state index is -0.0595. The molecule has 3 rings (SSSR count). The third-order valence-corrected chi connectivity index (χ3v) is 6.63. The zero-order chi connectivity index (χ0) is 19.1. The summed E-state index contributed by atoms with van der Waals surface area (Å²) in [7, 11) is 0. The van der Waals surface area contributed by atoms with Crippen molar-refractivity contribution in [3.63, 3.8) is 0 Å². The number of carbonyl (C=O) groups excluding carboxylic acids is 1. The number of thioether (sulfide) groups is 2. The summed E-state index contributed by atoms with van der Waals surface area (Å²) in [4.78, 5) is 23.4. The smallest absolute Gasteiger partial charge is 0.234 e. The van der Waals surface area contributed by atoms with Gasteiger partial charge in [-0.1, -0.05) is 47.8 Å². The lowest BCUT2D eigenvalue weighted by Crippen LogP contribution is -2.14. The van der Waals surface area contributed by atoms with Crippen LogP contribution >= 0.6 is 35.3 Å². The standard InChI is InChI=1S/C20H19N3OS3/c1-14-6-3-4-9-17(14)27-20-19(21-10-11-22-20)26-13-18(24)23-15-7-5-8-16(12-15)25-2/h3-12H,13H2,1-2H3,(H,23,24). The Hall–Kier alpha value is -1.96. The average Bonchev–Trinajstić information content (AvgIpc) is 2.69. The van der Waals surface area contributed by atoms with E-state index >= 15 is 0 Å². The first-order valence-electron chi connectivity index (χ1n) is 8.27. The summed E-state index contributed by atoms with van der Waals surface area (Å²) in [5, 5.41) is 4.51. The van der Waals surface area contributed by atoms with Crippen LogP contribution in [0.25, 0.3) is 0 Å². The molecule has 7 heteroatoms. The number of amides is 1. The highest BCUT2D eigenvalue weighted by Crippen LogP contribution is 2.34. The van der Waals surface area contributed by atoms with Crippen molar-refractivity contribution in [2.75, 3.05) is 17.3 Å². The van der Waals surface area contributed by atoms with E-state index in [1.165, 1.54) is 17.3 Å². The lowest BCUT2D eigenvalue weighted by molar-refractivity contribution is -0.113. The van der Waals surface area contributed by atoms with Gasteiger partial charge in [0, 0.05) is 27.9 Å². The monoisotopic (exact) mass is 413 g/mol. The molecule has 1 N–H and O–H groups in total. The molecule has 0 aliphatic rings. The molecule has 0 aliphatic heterocycles. The Morgan fingerprint density at radius 1 is 1.04 bits per heavy atom. The SMILES string of the molecule is CSc1cccc(NC(=O)CSc2nccnc2Sc2ccccc2C)c1. The summed E-state index contributed by atoms with van der Waals surface area (Å²) in [6.07, 6.45) is 5.35. The Morgan fingerprint density at radius 3 is 2.59 bits per heavy atom. The maximum absolute atomic E-state index is 12.3. The molecule has 0 bridgehead atoms. The highest BCUT2D eigenvalue weighted by Gasteiger charge is 2.12. The third-order valence-electron chi connectivity index (χ3n) is 3.63. The summed E-state index contributed by atoms with van der Waals surface area (Å²) < 4.78 is 0. The average molecular weight is 414 g/mol. The number of hydrogen-bond donors (Lipinski definition) is 1. The van der Waals surface area contributed by atoms with Crippen molar-refractivity contribution in [3.8, 4) is 0 Å². The summed E-state index contributed by atoms with van der Waals surface area (Å²) in [6, 6.07) is 16.0. The minimum absolute atomic E-state index is 0.0595. The molecule has 0 saturated heterocycles. The van der Waals surface area contributed by atoms with E-state index in [9.17, 15) is 4.79 Å². The van der Waals surface area contributed by atoms with Crippen LogP contribution < -0.4 is 5.32 Å². The number of aryl methyl sites for hydroxylation is 1. The van der Waals surface area contributed by atoms with Gasteiger partial charge in [-0.15, -0.1) is 11.8 Å². The van der Waals surface area contributed by atoms with Crippen LogP contribution in [0.3, 0.4) is 0 Å². The predicted octanol–water partition coefficient (Wildman–Crippen LogP) is 5.39. The van der Waals surface area contributed by atoms with Crippen LogP contribution in [0.4, 0.5) is 5.69 Å². The van der Waals surface area contributed by atoms with Crippen molar-refractivity contribution in [1.82, 2.24) is 9.97 Å². The van der Waals surface area contributed by atoms with Gasteiger partial charge in [0.15, 0.2) is 0 Å². The van der Waals surface area contributed by atoms with Crippen molar-refractivity contribution in [2.24, 2.45) is 0 Å². The Kier molecular flexibility index (Phi) is 7.20. The summed E-state index contributed by atoms with van der Waals surface area (Å²) in [5.41, 5.74) is 2.00. The fourth-order valence-corrected chi connectivity index (χ4v) is 4.54. The van der Waals surface area contributed by atoms with Crippen LogP contribution in [-0.4, -0.2) is 27.9 Å². The van der Waals surface area contributed by atoms with Crippen LogP contribution in [0.5, 0.6) is 0 Å². The van der Waals surface area contributed by atoms with Gasteiger partial charge in [0.1, 0.15) is 10.1 Å². The molecule has 0 unspecified atom stereocenters. The number of hydrogen-bond acceptors (Lipinski definition) is 6. The maximum atomic E-state index is 12.3. The van der Waals surface area contributed by atoms with Crippen molar-refractivity contribution >= 4 is 46.9 Å². The van der Waals surface area contributed by atoms with Crippen LogP contribution in [-0.2, 0) is 4.79 Å². The van der Waals surface area contributed by atoms with E-state index in [1.54, 1.807) is 35.9 Å². The second-order valence-electron chi connectivity index (χ2n) is 5.60. The molecule has 0 aliphatic carbocycles. The molecule has 1 amide bonds. The van der Waals surface area contributed by atoms with Crippen LogP contribution in [0.15, 0.2) is 80.8 Å². The number of nitrogens with zero attached hydrogens (tertiary/aromatic N) is 2. The first-order valence-corrected chi connectivity index (χ1v) is 11.3. The van der Waals surface area contributed by atoms with Gasteiger partial charge in [0.2, 0.25) is 5.91 Å². The lowest BCUT2D eigenvalue weighted by atomic mass is 10.2. The second kappa shape index (κ2) is 9.82. The largest absolute Gasteiger partial charge is 0.325 e. The van der Waals surface area contributed by atoms with Gasteiger partial charge in [-0.2, -0.15) is 0 Å². The van der Waals surface area contributed by atoms with Crippen molar-refractivity contribution in [2.45, 2.75) is 26.8 Å². The Bertz CT molecular complexity index is 934. The number of aromatic nitrogens is 2. The third kappa shape index (κ3) is 5.76. The van der Waals surface area contributed by atoms with Gasteiger partial charge in [-0.05, 0) is 43.0 Å². The van der Waals surface area contributed by atoms with Crippen molar-refractivity contribution in [3.05, 3.63) is 66.5 Å². The zero-order valence-electron chi connectivity index (χ0n) is 15.0. The van der Waals surface area contributed by atoms with Gasteiger partial charge in [-0.3, -0.25) is 4.79 Å². The molecule has 4 nitrogen and oxygen atoms in total. The maximum Gasteiger partial charge on any atom is 0.234 e. The second-order valence-corrected chi connectivity index (χ2v) is 8.48. The highest BCUT2D eigenvalue weighted by atomic mass is 32.2. The first-order chi connectivity index (χ1) is 13.2. The minimum Gasteiger partial charge on any atom is -0.325 e. The highest BCUT2D eigenvalue weighted by molar-refractivity contribution is 8.02. The summed E-state index contributed by atoms with van der Waals surface area (Å²) in [6.45, 7) is 2.07. The number of rotatable bonds is 7. The van der Waals surface area contributed by atoms with Crippen LogP contribution in [0.2, 0.25) is 0 Å². The molecule has 0 spiro atoms. The lowest BCUT2D eigenvalue weighted by Gasteiger charge is -2.09. The fraction of sp³-hybridized carbons (Fsp3) is 0.150. The Balaban J connectivity index is 1.64.